The van der Waals surface area contributed by atoms with Crippen LogP contribution in [0.15, 0.2) is 0 Å². The monoisotopic (exact) mass is 227 g/mol. The minimum absolute atomic E-state index is 0.00366. The van der Waals surface area contributed by atoms with Crippen LogP contribution in [0.25, 0.3) is 0 Å². The predicted molar refractivity (Wildman–Crippen MR) is 51.4 cm³/mol. The number of nitrogens with zero attached hydrogens (tertiary/aromatic N) is 1. The summed E-state index contributed by atoms with van der Waals surface area (Å²) in [5.41, 5.74) is 0. The zero-order chi connectivity index (χ0) is 11.4. The molecule has 14 heavy (non-hydrogen) atoms. The third-order valence-electron chi connectivity index (χ3n) is 1.76. The Bertz CT molecular complexity index is 251. The minimum Gasteiger partial charge on any atom is -0.391 e. The lowest BCUT2D eigenvalue weighted by atomic mass is 10.3. The molecule has 0 aromatic rings. The molecule has 0 spiro atoms. The van der Waals surface area contributed by atoms with Crippen molar-refractivity contribution in [2.45, 2.75) is 26.0 Å². The SMILES string of the molecule is CC(C)N(CO)CC(O)CS(=O)(=O)O. The van der Waals surface area contributed by atoms with Crippen LogP contribution in [0.4, 0.5) is 0 Å². The zero-order valence-corrected chi connectivity index (χ0v) is 9.11. The van der Waals surface area contributed by atoms with Crippen LogP contribution < -0.4 is 0 Å². The van der Waals surface area contributed by atoms with Gasteiger partial charge in [-0.15, -0.1) is 0 Å². The fourth-order valence-electron chi connectivity index (χ4n) is 0.998. The smallest absolute Gasteiger partial charge is 0.267 e. The molecule has 3 N–H and O–H groups in total. The van der Waals surface area contributed by atoms with Crippen molar-refractivity contribution in [3.05, 3.63) is 0 Å². The number of aliphatic hydroxyl groups is 2. The molecule has 0 amide bonds. The molecule has 0 fully saturated rings. The van der Waals surface area contributed by atoms with Gasteiger partial charge in [0.15, 0.2) is 0 Å². The number of rotatable bonds is 6. The first kappa shape index (κ1) is 13.8. The van der Waals surface area contributed by atoms with Crippen LogP contribution in [0.1, 0.15) is 13.8 Å². The van der Waals surface area contributed by atoms with Gasteiger partial charge in [-0.3, -0.25) is 9.45 Å². The van der Waals surface area contributed by atoms with E-state index >= 15 is 0 Å². The number of hydrogen-bond acceptors (Lipinski definition) is 5. The lowest BCUT2D eigenvalue weighted by Gasteiger charge is -2.25. The lowest BCUT2D eigenvalue weighted by molar-refractivity contribution is 0.0388. The van der Waals surface area contributed by atoms with Crippen LogP contribution >= 0.6 is 0 Å². The molecule has 0 aromatic heterocycles. The molecule has 1 atom stereocenters. The second kappa shape index (κ2) is 5.62. The van der Waals surface area contributed by atoms with Crippen molar-refractivity contribution in [1.82, 2.24) is 4.90 Å². The molecule has 0 heterocycles. The first-order valence-electron chi connectivity index (χ1n) is 4.24. The molecule has 0 aliphatic heterocycles. The molecule has 0 saturated heterocycles. The van der Waals surface area contributed by atoms with Crippen molar-refractivity contribution in [3.63, 3.8) is 0 Å². The molecule has 86 valence electrons. The second-order valence-corrected chi connectivity index (χ2v) is 4.91. The number of aliphatic hydroxyl groups excluding tert-OH is 2. The maximum Gasteiger partial charge on any atom is 0.267 e. The quantitative estimate of drug-likeness (QED) is 0.393. The summed E-state index contributed by atoms with van der Waals surface area (Å²) in [5.74, 6) is -0.712. The highest BCUT2D eigenvalue weighted by Crippen LogP contribution is 2.00. The van der Waals surface area contributed by atoms with Gasteiger partial charge in [0.05, 0.1) is 12.8 Å². The summed E-state index contributed by atoms with van der Waals surface area (Å²) in [7, 11) is -4.16. The van der Waals surface area contributed by atoms with Crippen LogP contribution in [0.2, 0.25) is 0 Å². The summed E-state index contributed by atoms with van der Waals surface area (Å²) in [5, 5.41) is 18.1. The normalized spacial score (nSPS) is 15.1. The predicted octanol–water partition coefficient (Wildman–Crippen LogP) is -1.10. The van der Waals surface area contributed by atoms with Gasteiger partial charge < -0.3 is 10.2 Å². The van der Waals surface area contributed by atoms with E-state index in [1.165, 1.54) is 4.90 Å². The molecule has 1 unspecified atom stereocenters. The van der Waals surface area contributed by atoms with Gasteiger partial charge in [0.1, 0.15) is 5.75 Å². The summed E-state index contributed by atoms with van der Waals surface area (Å²) >= 11 is 0. The highest BCUT2D eigenvalue weighted by atomic mass is 32.2. The first-order valence-corrected chi connectivity index (χ1v) is 5.85. The number of hydrogen-bond donors (Lipinski definition) is 3. The summed E-state index contributed by atoms with van der Waals surface area (Å²) in [4.78, 5) is 1.48. The molecular weight excluding hydrogens is 210 g/mol. The average molecular weight is 227 g/mol. The molecular formula is C7H17NO5S. The molecule has 0 radical (unpaired) electrons. The van der Waals surface area contributed by atoms with Crippen molar-refractivity contribution in [1.29, 1.82) is 0 Å². The van der Waals surface area contributed by atoms with E-state index in [-0.39, 0.29) is 19.3 Å². The third kappa shape index (κ3) is 6.28. The van der Waals surface area contributed by atoms with Gasteiger partial charge in [-0.25, -0.2) is 0 Å². The molecule has 0 aromatic carbocycles. The molecule has 6 nitrogen and oxygen atoms in total. The van der Waals surface area contributed by atoms with Gasteiger partial charge in [-0.2, -0.15) is 8.42 Å². The molecule has 0 aliphatic rings. The molecule has 7 heteroatoms. The van der Waals surface area contributed by atoms with Gasteiger partial charge in [-0.1, -0.05) is 0 Å². The molecule has 0 rings (SSSR count). The summed E-state index contributed by atoms with van der Waals surface area (Å²) in [6, 6.07) is -0.00366. The van der Waals surface area contributed by atoms with Crippen LogP contribution in [0.5, 0.6) is 0 Å². The van der Waals surface area contributed by atoms with E-state index in [0.29, 0.717) is 0 Å². The van der Waals surface area contributed by atoms with Crippen LogP contribution in [-0.2, 0) is 10.1 Å². The average Bonchev–Trinajstić information content (AvgIpc) is 1.96. The Balaban J connectivity index is 4.10. The summed E-state index contributed by atoms with van der Waals surface area (Å²) in [6.07, 6.45) is -1.19. The Kier molecular flexibility index (Phi) is 5.53. The summed E-state index contributed by atoms with van der Waals surface area (Å²) in [6.45, 7) is 3.35. The van der Waals surface area contributed by atoms with E-state index < -0.39 is 22.0 Å². The van der Waals surface area contributed by atoms with E-state index in [0.717, 1.165) is 0 Å². The maximum absolute atomic E-state index is 10.4. The Hall–Kier alpha value is -0.210. The van der Waals surface area contributed by atoms with Gasteiger partial charge in [-0.05, 0) is 13.8 Å². The summed E-state index contributed by atoms with van der Waals surface area (Å²) < 4.78 is 29.2. The fourth-order valence-corrected chi connectivity index (χ4v) is 1.59. The maximum atomic E-state index is 10.4. The van der Waals surface area contributed by atoms with Crippen molar-refractivity contribution >= 4 is 10.1 Å². The molecule has 0 saturated carbocycles. The standard InChI is InChI=1S/C7H17NO5S/c1-6(2)8(5-9)3-7(10)4-14(11,12)13/h6-7,9-10H,3-5H2,1-2H3,(H,11,12,13). The Morgan fingerprint density at radius 1 is 1.36 bits per heavy atom. The Morgan fingerprint density at radius 3 is 2.14 bits per heavy atom. The lowest BCUT2D eigenvalue weighted by Crippen LogP contribution is -2.40. The second-order valence-electron chi connectivity index (χ2n) is 3.41. The van der Waals surface area contributed by atoms with E-state index in [1.54, 1.807) is 13.8 Å². The van der Waals surface area contributed by atoms with E-state index in [1.807, 2.05) is 0 Å². The first-order chi connectivity index (χ1) is 6.26. The van der Waals surface area contributed by atoms with Crippen molar-refractivity contribution in [3.8, 4) is 0 Å². The van der Waals surface area contributed by atoms with Crippen LogP contribution in [0.3, 0.4) is 0 Å². The van der Waals surface area contributed by atoms with Gasteiger partial charge in [0.25, 0.3) is 10.1 Å². The minimum atomic E-state index is -4.16. The third-order valence-corrected chi connectivity index (χ3v) is 2.57. The Labute approximate surface area is 83.9 Å². The van der Waals surface area contributed by atoms with Crippen LogP contribution in [0, 0.1) is 0 Å². The van der Waals surface area contributed by atoms with Gasteiger partial charge in [0, 0.05) is 12.6 Å². The largest absolute Gasteiger partial charge is 0.391 e. The highest BCUT2D eigenvalue weighted by molar-refractivity contribution is 7.85. The topological polar surface area (TPSA) is 98.1 Å². The zero-order valence-electron chi connectivity index (χ0n) is 8.29. The van der Waals surface area contributed by atoms with E-state index in [2.05, 4.69) is 0 Å². The van der Waals surface area contributed by atoms with Crippen molar-refractivity contribution < 1.29 is 23.2 Å². The Morgan fingerprint density at radius 2 is 1.86 bits per heavy atom. The fraction of sp³-hybridized carbons (Fsp3) is 1.00. The molecule has 0 aliphatic carbocycles. The van der Waals surface area contributed by atoms with Crippen LogP contribution in [-0.4, -0.2) is 59.3 Å². The van der Waals surface area contributed by atoms with Crippen molar-refractivity contribution in [2.24, 2.45) is 0 Å². The van der Waals surface area contributed by atoms with Gasteiger partial charge >= 0.3 is 0 Å². The van der Waals surface area contributed by atoms with E-state index in [9.17, 15) is 13.5 Å². The molecule has 0 bridgehead atoms. The highest BCUT2D eigenvalue weighted by Gasteiger charge is 2.18. The van der Waals surface area contributed by atoms with Gasteiger partial charge in [0.2, 0.25) is 0 Å². The van der Waals surface area contributed by atoms with E-state index in [4.69, 9.17) is 9.66 Å². The van der Waals surface area contributed by atoms with Crippen molar-refractivity contribution in [2.75, 3.05) is 19.0 Å².